The van der Waals surface area contributed by atoms with Crippen LogP contribution in [0.1, 0.15) is 42.1 Å². The molecule has 1 heterocycles. The Labute approximate surface area is 141 Å². The molecule has 6 nitrogen and oxygen atoms in total. The molecule has 1 fully saturated rings. The van der Waals surface area contributed by atoms with Crippen molar-refractivity contribution in [3.05, 3.63) is 35.4 Å². The van der Waals surface area contributed by atoms with Gasteiger partial charge in [0.1, 0.15) is 0 Å². The lowest BCUT2D eigenvalue weighted by Gasteiger charge is -2.32. The number of carbonyl (C=O) groups is 3. The number of hydrogen-bond donors (Lipinski definition) is 2. The minimum Gasteiger partial charge on any atom is -0.478 e. The number of nitrogens with zero attached hydrogens (tertiary/aromatic N) is 1. The van der Waals surface area contributed by atoms with E-state index in [4.69, 9.17) is 5.11 Å². The Hall–Kier alpha value is -2.37. The van der Waals surface area contributed by atoms with Gasteiger partial charge in [-0.05, 0) is 37.0 Å². The highest BCUT2D eigenvalue weighted by molar-refractivity contribution is 5.88. The first-order chi connectivity index (χ1) is 11.5. The van der Waals surface area contributed by atoms with Crippen LogP contribution >= 0.6 is 0 Å². The van der Waals surface area contributed by atoms with Crippen LogP contribution in [0.2, 0.25) is 0 Å². The van der Waals surface area contributed by atoms with Gasteiger partial charge in [-0.25, -0.2) is 4.79 Å². The first kappa shape index (κ1) is 18.0. The summed E-state index contributed by atoms with van der Waals surface area (Å²) in [7, 11) is 0. The van der Waals surface area contributed by atoms with E-state index in [2.05, 4.69) is 5.32 Å². The van der Waals surface area contributed by atoms with Gasteiger partial charge < -0.3 is 15.3 Å². The Morgan fingerprint density at radius 2 is 1.96 bits per heavy atom. The molecule has 0 saturated carbocycles. The lowest BCUT2D eigenvalue weighted by atomic mass is 9.96. The molecule has 130 valence electrons. The molecule has 24 heavy (non-hydrogen) atoms. The third-order valence-electron chi connectivity index (χ3n) is 4.25. The average molecular weight is 332 g/mol. The molecule has 0 aromatic heterocycles. The van der Waals surface area contributed by atoms with Crippen LogP contribution in [0.15, 0.2) is 24.3 Å². The predicted octanol–water partition coefficient (Wildman–Crippen LogP) is 1.69. The summed E-state index contributed by atoms with van der Waals surface area (Å²) in [6.45, 7) is 3.80. The highest BCUT2D eigenvalue weighted by Gasteiger charge is 2.28. The van der Waals surface area contributed by atoms with E-state index < -0.39 is 5.97 Å². The zero-order valence-electron chi connectivity index (χ0n) is 14.0. The molecule has 1 aromatic rings. The number of carbonyl (C=O) groups excluding carboxylic acids is 2. The Balaban J connectivity index is 1.91. The molecule has 2 N–H and O–H groups in total. The van der Waals surface area contributed by atoms with Crippen LogP contribution in [-0.2, 0) is 16.0 Å². The maximum Gasteiger partial charge on any atom is 0.335 e. The SMILES string of the molecule is CCCNC(=O)C1CCCN(C(=O)Cc2ccc(C(=O)O)cc2)C1. The van der Waals surface area contributed by atoms with E-state index in [0.717, 1.165) is 24.8 Å². The molecular formula is C18H24N2O4. The summed E-state index contributed by atoms with van der Waals surface area (Å²) in [6, 6.07) is 6.33. The molecule has 0 spiro atoms. The van der Waals surface area contributed by atoms with Gasteiger partial charge in [0.05, 0.1) is 17.9 Å². The van der Waals surface area contributed by atoms with Crippen LogP contribution in [0.25, 0.3) is 0 Å². The van der Waals surface area contributed by atoms with E-state index >= 15 is 0 Å². The van der Waals surface area contributed by atoms with Gasteiger partial charge in [-0.2, -0.15) is 0 Å². The van der Waals surface area contributed by atoms with Gasteiger partial charge in [0.2, 0.25) is 11.8 Å². The second kappa shape index (κ2) is 8.47. The van der Waals surface area contributed by atoms with Crippen LogP contribution < -0.4 is 5.32 Å². The Morgan fingerprint density at radius 3 is 2.58 bits per heavy atom. The molecule has 1 aliphatic heterocycles. The van der Waals surface area contributed by atoms with Crippen molar-refractivity contribution < 1.29 is 19.5 Å². The van der Waals surface area contributed by atoms with E-state index in [-0.39, 0.29) is 29.7 Å². The highest BCUT2D eigenvalue weighted by Crippen LogP contribution is 2.18. The number of carboxylic acids is 1. The highest BCUT2D eigenvalue weighted by atomic mass is 16.4. The summed E-state index contributed by atoms with van der Waals surface area (Å²) in [5.74, 6) is -1.11. The monoisotopic (exact) mass is 332 g/mol. The zero-order valence-corrected chi connectivity index (χ0v) is 14.0. The fourth-order valence-electron chi connectivity index (χ4n) is 2.86. The minimum absolute atomic E-state index is 0.0222. The summed E-state index contributed by atoms with van der Waals surface area (Å²) in [5.41, 5.74) is 0.986. The van der Waals surface area contributed by atoms with Crippen LogP contribution in [0, 0.1) is 5.92 Å². The quantitative estimate of drug-likeness (QED) is 0.830. The third kappa shape index (κ3) is 4.81. The van der Waals surface area contributed by atoms with Crippen LogP contribution in [0.5, 0.6) is 0 Å². The number of carboxylic acid groups (broad SMARTS) is 1. The van der Waals surface area contributed by atoms with E-state index in [1.807, 2.05) is 6.92 Å². The second-order valence-corrected chi connectivity index (χ2v) is 6.15. The average Bonchev–Trinajstić information content (AvgIpc) is 2.60. The Bertz CT molecular complexity index is 598. The number of amides is 2. The lowest BCUT2D eigenvalue weighted by molar-refractivity contribution is -0.135. The minimum atomic E-state index is -0.982. The third-order valence-corrected chi connectivity index (χ3v) is 4.25. The first-order valence-electron chi connectivity index (χ1n) is 8.39. The number of piperidine rings is 1. The van der Waals surface area contributed by atoms with Crippen molar-refractivity contribution in [2.24, 2.45) is 5.92 Å². The molecule has 1 atom stereocenters. The van der Waals surface area contributed by atoms with Crippen molar-refractivity contribution in [3.63, 3.8) is 0 Å². The summed E-state index contributed by atoms with van der Waals surface area (Å²) < 4.78 is 0. The van der Waals surface area contributed by atoms with E-state index in [9.17, 15) is 14.4 Å². The molecule has 1 aromatic carbocycles. The zero-order chi connectivity index (χ0) is 17.5. The molecule has 6 heteroatoms. The number of benzene rings is 1. The van der Waals surface area contributed by atoms with E-state index in [0.29, 0.717) is 19.6 Å². The van der Waals surface area contributed by atoms with Crippen molar-refractivity contribution in [2.75, 3.05) is 19.6 Å². The van der Waals surface area contributed by atoms with Gasteiger partial charge in [-0.1, -0.05) is 19.1 Å². The Kier molecular flexibility index (Phi) is 6.35. The van der Waals surface area contributed by atoms with Crippen molar-refractivity contribution in [3.8, 4) is 0 Å². The maximum absolute atomic E-state index is 12.4. The van der Waals surface area contributed by atoms with Gasteiger partial charge in [0.25, 0.3) is 0 Å². The largest absolute Gasteiger partial charge is 0.478 e. The summed E-state index contributed by atoms with van der Waals surface area (Å²) in [5, 5.41) is 11.8. The fraction of sp³-hybridized carbons (Fsp3) is 0.500. The molecule has 0 bridgehead atoms. The molecule has 2 amide bonds. The molecule has 2 rings (SSSR count). The smallest absolute Gasteiger partial charge is 0.335 e. The number of nitrogens with one attached hydrogen (secondary N) is 1. The van der Waals surface area contributed by atoms with Crippen LogP contribution in [-0.4, -0.2) is 47.4 Å². The van der Waals surface area contributed by atoms with Gasteiger partial charge in [0, 0.05) is 19.6 Å². The molecule has 1 aliphatic rings. The second-order valence-electron chi connectivity index (χ2n) is 6.15. The van der Waals surface area contributed by atoms with Crippen molar-refractivity contribution >= 4 is 17.8 Å². The van der Waals surface area contributed by atoms with Gasteiger partial charge in [0.15, 0.2) is 0 Å². The van der Waals surface area contributed by atoms with Gasteiger partial charge in [-0.15, -0.1) is 0 Å². The van der Waals surface area contributed by atoms with E-state index in [1.165, 1.54) is 12.1 Å². The topological polar surface area (TPSA) is 86.7 Å². The number of aromatic carboxylic acids is 1. The van der Waals surface area contributed by atoms with Crippen LogP contribution in [0.4, 0.5) is 0 Å². The number of likely N-dealkylation sites (tertiary alicyclic amines) is 1. The Morgan fingerprint density at radius 1 is 1.25 bits per heavy atom. The lowest BCUT2D eigenvalue weighted by Crippen LogP contribution is -2.46. The van der Waals surface area contributed by atoms with Gasteiger partial charge in [-0.3, -0.25) is 9.59 Å². The normalized spacial score (nSPS) is 17.4. The predicted molar refractivity (Wildman–Crippen MR) is 89.7 cm³/mol. The summed E-state index contributed by atoms with van der Waals surface area (Å²) in [4.78, 5) is 37.1. The van der Waals surface area contributed by atoms with Crippen molar-refractivity contribution in [1.82, 2.24) is 10.2 Å². The maximum atomic E-state index is 12.4. The summed E-state index contributed by atoms with van der Waals surface area (Å²) >= 11 is 0. The molecule has 0 radical (unpaired) electrons. The van der Waals surface area contributed by atoms with E-state index in [1.54, 1.807) is 17.0 Å². The van der Waals surface area contributed by atoms with Crippen molar-refractivity contribution in [2.45, 2.75) is 32.6 Å². The van der Waals surface area contributed by atoms with Crippen LogP contribution in [0.3, 0.4) is 0 Å². The van der Waals surface area contributed by atoms with Gasteiger partial charge >= 0.3 is 5.97 Å². The molecular weight excluding hydrogens is 308 g/mol. The molecule has 1 unspecified atom stereocenters. The standard InChI is InChI=1S/C18H24N2O4/c1-2-9-19-17(22)15-4-3-10-20(12-15)16(21)11-13-5-7-14(8-6-13)18(23)24/h5-8,15H,2-4,9-12H2,1H3,(H,19,22)(H,23,24). The molecule has 1 saturated heterocycles. The molecule has 0 aliphatic carbocycles. The fourth-order valence-corrected chi connectivity index (χ4v) is 2.86. The number of hydrogen-bond acceptors (Lipinski definition) is 3. The first-order valence-corrected chi connectivity index (χ1v) is 8.39. The summed E-state index contributed by atoms with van der Waals surface area (Å²) in [6.07, 6.45) is 2.76. The van der Waals surface area contributed by atoms with Crippen molar-refractivity contribution in [1.29, 1.82) is 0 Å². The number of rotatable bonds is 6.